The number of rotatable bonds is 3. The molecule has 7 heteroatoms. The Morgan fingerprint density at radius 2 is 2.22 bits per heavy atom. The van der Waals surface area contributed by atoms with Gasteiger partial charge in [0, 0.05) is 11.3 Å². The fourth-order valence-corrected chi connectivity index (χ4v) is 1.31. The molecule has 2 rings (SSSR count). The van der Waals surface area contributed by atoms with Crippen LogP contribution in [0.15, 0.2) is 24.3 Å². The molecule has 1 amide bonds. The summed E-state index contributed by atoms with van der Waals surface area (Å²) >= 11 is 0. The van der Waals surface area contributed by atoms with E-state index in [9.17, 15) is 4.79 Å². The van der Waals surface area contributed by atoms with Crippen LogP contribution in [0.2, 0.25) is 0 Å². The first kappa shape index (κ1) is 12.2. The summed E-state index contributed by atoms with van der Waals surface area (Å²) < 4.78 is 0. The van der Waals surface area contributed by atoms with Gasteiger partial charge in [-0.15, -0.1) is 10.2 Å². The van der Waals surface area contributed by atoms with E-state index in [4.69, 9.17) is 5.73 Å². The number of nitrogens with two attached hydrogens (primary N) is 1. The molecule has 4 N–H and O–H groups in total. The Morgan fingerprint density at radius 3 is 2.83 bits per heavy atom. The van der Waals surface area contributed by atoms with Crippen LogP contribution in [-0.2, 0) is 4.79 Å². The van der Waals surface area contributed by atoms with Crippen LogP contribution in [0.5, 0.6) is 0 Å². The Hall–Kier alpha value is -2.28. The number of anilines is 1. The van der Waals surface area contributed by atoms with Crippen LogP contribution in [0.3, 0.4) is 0 Å². The van der Waals surface area contributed by atoms with Gasteiger partial charge in [0.05, 0.1) is 5.54 Å². The van der Waals surface area contributed by atoms with Crippen molar-refractivity contribution in [2.75, 3.05) is 5.32 Å². The number of amides is 1. The van der Waals surface area contributed by atoms with E-state index in [1.807, 2.05) is 6.07 Å². The molecule has 1 aromatic carbocycles. The molecule has 0 aliphatic carbocycles. The highest BCUT2D eigenvalue weighted by molar-refractivity contribution is 5.97. The Labute approximate surface area is 104 Å². The molecule has 0 saturated heterocycles. The van der Waals surface area contributed by atoms with Gasteiger partial charge in [-0.25, -0.2) is 0 Å². The van der Waals surface area contributed by atoms with Crippen LogP contribution in [-0.4, -0.2) is 32.1 Å². The van der Waals surface area contributed by atoms with Crippen molar-refractivity contribution in [3.8, 4) is 11.4 Å². The molecule has 0 saturated carbocycles. The third kappa shape index (κ3) is 2.69. The second kappa shape index (κ2) is 4.53. The number of carbonyl (C=O) groups excluding carboxylic acids is 1. The smallest absolute Gasteiger partial charge is 0.243 e. The van der Waals surface area contributed by atoms with Crippen LogP contribution < -0.4 is 11.1 Å². The van der Waals surface area contributed by atoms with Gasteiger partial charge < -0.3 is 11.1 Å². The summed E-state index contributed by atoms with van der Waals surface area (Å²) in [5, 5.41) is 16.3. The fraction of sp³-hybridized carbons (Fsp3) is 0.273. The van der Waals surface area contributed by atoms with Crippen molar-refractivity contribution in [2.45, 2.75) is 19.4 Å². The minimum Gasteiger partial charge on any atom is -0.324 e. The Morgan fingerprint density at radius 1 is 1.44 bits per heavy atom. The van der Waals surface area contributed by atoms with Gasteiger partial charge in [0.1, 0.15) is 0 Å². The summed E-state index contributed by atoms with van der Waals surface area (Å²) in [5.74, 6) is 0.214. The molecule has 0 aliphatic rings. The molecule has 18 heavy (non-hydrogen) atoms. The molecule has 2 aromatic rings. The van der Waals surface area contributed by atoms with E-state index in [1.165, 1.54) is 0 Å². The standard InChI is InChI=1S/C11H14N6O/c1-11(2,12)10(18)13-8-5-3-4-7(6-8)9-14-16-17-15-9/h3-6H,12H2,1-2H3,(H,13,18)(H,14,15,16,17). The molecule has 0 radical (unpaired) electrons. The van der Waals surface area contributed by atoms with Crippen molar-refractivity contribution in [1.82, 2.24) is 20.6 Å². The first-order valence-corrected chi connectivity index (χ1v) is 5.41. The molecule has 1 aromatic heterocycles. The molecule has 0 spiro atoms. The number of H-pyrrole nitrogens is 1. The molecule has 0 aliphatic heterocycles. The van der Waals surface area contributed by atoms with Crippen molar-refractivity contribution in [2.24, 2.45) is 5.73 Å². The quantitative estimate of drug-likeness (QED) is 0.732. The third-order valence-corrected chi connectivity index (χ3v) is 2.31. The molecule has 0 bridgehead atoms. The summed E-state index contributed by atoms with van der Waals surface area (Å²) in [5.41, 5.74) is 6.18. The van der Waals surface area contributed by atoms with Crippen molar-refractivity contribution in [1.29, 1.82) is 0 Å². The van der Waals surface area contributed by atoms with Crippen molar-refractivity contribution in [3.05, 3.63) is 24.3 Å². The van der Waals surface area contributed by atoms with Gasteiger partial charge in [0.15, 0.2) is 0 Å². The summed E-state index contributed by atoms with van der Waals surface area (Å²) in [6.07, 6.45) is 0. The molecule has 0 fully saturated rings. The molecular formula is C11H14N6O. The maximum atomic E-state index is 11.7. The van der Waals surface area contributed by atoms with E-state index in [1.54, 1.807) is 32.0 Å². The highest BCUT2D eigenvalue weighted by Gasteiger charge is 2.21. The maximum Gasteiger partial charge on any atom is 0.243 e. The van der Waals surface area contributed by atoms with Gasteiger partial charge >= 0.3 is 0 Å². The topological polar surface area (TPSA) is 110 Å². The lowest BCUT2D eigenvalue weighted by molar-refractivity contribution is -0.120. The first-order chi connectivity index (χ1) is 8.47. The largest absolute Gasteiger partial charge is 0.324 e. The number of hydrogen-bond donors (Lipinski definition) is 3. The molecule has 7 nitrogen and oxygen atoms in total. The summed E-state index contributed by atoms with van der Waals surface area (Å²) in [7, 11) is 0. The van der Waals surface area contributed by atoms with Crippen molar-refractivity contribution in [3.63, 3.8) is 0 Å². The summed E-state index contributed by atoms with van der Waals surface area (Å²) in [6, 6.07) is 7.15. The van der Waals surface area contributed by atoms with E-state index < -0.39 is 5.54 Å². The molecule has 0 atom stereocenters. The number of hydrogen-bond acceptors (Lipinski definition) is 5. The predicted molar refractivity (Wildman–Crippen MR) is 66.5 cm³/mol. The van der Waals surface area contributed by atoms with Gasteiger partial charge in [0.2, 0.25) is 11.7 Å². The summed E-state index contributed by atoms with van der Waals surface area (Å²) in [6.45, 7) is 3.29. The first-order valence-electron chi connectivity index (χ1n) is 5.41. The summed E-state index contributed by atoms with van der Waals surface area (Å²) in [4.78, 5) is 11.7. The van der Waals surface area contributed by atoms with E-state index in [2.05, 4.69) is 25.9 Å². The molecule has 1 heterocycles. The lowest BCUT2D eigenvalue weighted by Crippen LogP contribution is -2.45. The zero-order chi connectivity index (χ0) is 13.2. The Balaban J connectivity index is 2.21. The van der Waals surface area contributed by atoms with E-state index in [-0.39, 0.29) is 5.91 Å². The molecular weight excluding hydrogens is 232 g/mol. The van der Waals surface area contributed by atoms with Gasteiger partial charge in [0.25, 0.3) is 0 Å². The minimum atomic E-state index is -0.928. The number of aromatic amines is 1. The number of nitrogens with zero attached hydrogens (tertiary/aromatic N) is 3. The van der Waals surface area contributed by atoms with Crippen LogP contribution in [0.1, 0.15) is 13.8 Å². The lowest BCUT2D eigenvalue weighted by atomic mass is 10.1. The average molecular weight is 246 g/mol. The van der Waals surface area contributed by atoms with Crippen molar-refractivity contribution < 1.29 is 4.79 Å². The number of carbonyl (C=O) groups is 1. The SMILES string of the molecule is CC(C)(N)C(=O)Nc1cccc(-c2nn[nH]n2)c1. The second-order valence-electron chi connectivity index (χ2n) is 4.49. The monoisotopic (exact) mass is 246 g/mol. The van der Waals surface area contributed by atoms with Crippen molar-refractivity contribution >= 4 is 11.6 Å². The van der Waals surface area contributed by atoms with Gasteiger partial charge in [-0.2, -0.15) is 5.21 Å². The lowest BCUT2D eigenvalue weighted by Gasteiger charge is -2.17. The normalized spacial score (nSPS) is 11.3. The Bertz CT molecular complexity index is 543. The van der Waals surface area contributed by atoms with Crippen LogP contribution >= 0.6 is 0 Å². The van der Waals surface area contributed by atoms with Gasteiger partial charge in [-0.1, -0.05) is 12.1 Å². The number of tetrazole rings is 1. The second-order valence-corrected chi connectivity index (χ2v) is 4.49. The van der Waals surface area contributed by atoms with E-state index >= 15 is 0 Å². The number of nitrogens with one attached hydrogen (secondary N) is 2. The van der Waals surface area contributed by atoms with Crippen LogP contribution in [0.4, 0.5) is 5.69 Å². The van der Waals surface area contributed by atoms with Gasteiger partial charge in [-0.05, 0) is 31.2 Å². The molecule has 94 valence electrons. The van der Waals surface area contributed by atoms with Crippen LogP contribution in [0, 0.1) is 0 Å². The average Bonchev–Trinajstić information content (AvgIpc) is 2.81. The van der Waals surface area contributed by atoms with E-state index in [0.29, 0.717) is 11.5 Å². The zero-order valence-electron chi connectivity index (χ0n) is 10.1. The maximum absolute atomic E-state index is 11.7. The highest BCUT2D eigenvalue weighted by atomic mass is 16.2. The minimum absolute atomic E-state index is 0.257. The third-order valence-electron chi connectivity index (χ3n) is 2.31. The fourth-order valence-electron chi connectivity index (χ4n) is 1.31. The van der Waals surface area contributed by atoms with E-state index in [0.717, 1.165) is 5.56 Å². The molecule has 0 unspecified atom stereocenters. The highest BCUT2D eigenvalue weighted by Crippen LogP contribution is 2.18. The number of aromatic nitrogens is 4. The zero-order valence-corrected chi connectivity index (χ0v) is 10.1. The van der Waals surface area contributed by atoms with Gasteiger partial charge in [-0.3, -0.25) is 4.79 Å². The van der Waals surface area contributed by atoms with Crippen LogP contribution in [0.25, 0.3) is 11.4 Å². The number of benzene rings is 1. The predicted octanol–water partition coefficient (Wildman–Crippen LogP) is 0.542. The Kier molecular flexibility index (Phi) is 3.07.